The Bertz CT molecular complexity index is 583. The number of nitrogens with zero attached hydrogens (tertiary/aromatic N) is 2. The van der Waals surface area contributed by atoms with E-state index in [1.807, 2.05) is 13.0 Å². The summed E-state index contributed by atoms with van der Waals surface area (Å²) in [7, 11) is 0. The zero-order chi connectivity index (χ0) is 12.5. The molecule has 2 aromatic rings. The molecule has 0 radical (unpaired) electrons. The van der Waals surface area contributed by atoms with Crippen LogP contribution in [0.2, 0.25) is 0 Å². The number of halogens is 1. The highest BCUT2D eigenvalue weighted by atomic mass is 79.9. The van der Waals surface area contributed by atoms with E-state index in [1.54, 1.807) is 6.20 Å². The number of anilines is 1. The van der Waals surface area contributed by atoms with Gasteiger partial charge in [0.15, 0.2) is 0 Å². The van der Waals surface area contributed by atoms with Crippen LogP contribution in [-0.2, 0) is 12.8 Å². The highest BCUT2D eigenvalue weighted by molar-refractivity contribution is 9.10. The summed E-state index contributed by atoms with van der Waals surface area (Å²) in [5.74, 6) is 0.729. The summed E-state index contributed by atoms with van der Waals surface area (Å²) in [6.07, 6.45) is 3.87. The number of aryl methyl sites for hydroxylation is 1. The van der Waals surface area contributed by atoms with Gasteiger partial charge in [0, 0.05) is 22.4 Å². The lowest BCUT2D eigenvalue weighted by Crippen LogP contribution is -2.21. The first-order chi connectivity index (χ1) is 8.70. The number of aromatic nitrogens is 2. The zero-order valence-electron chi connectivity index (χ0n) is 10.2. The van der Waals surface area contributed by atoms with Gasteiger partial charge in [-0.15, -0.1) is 0 Å². The molecule has 1 aliphatic carbocycles. The first-order valence-corrected chi connectivity index (χ1v) is 6.83. The van der Waals surface area contributed by atoms with Gasteiger partial charge in [0.2, 0.25) is 5.95 Å². The second-order valence-corrected chi connectivity index (χ2v) is 5.60. The maximum absolute atomic E-state index is 4.39. The van der Waals surface area contributed by atoms with Gasteiger partial charge in [0.1, 0.15) is 0 Å². The Morgan fingerprint density at radius 1 is 1.22 bits per heavy atom. The van der Waals surface area contributed by atoms with Crippen molar-refractivity contribution in [3.8, 4) is 0 Å². The molecule has 0 amide bonds. The maximum Gasteiger partial charge on any atom is 0.223 e. The van der Waals surface area contributed by atoms with Crippen LogP contribution in [0.25, 0.3) is 0 Å². The van der Waals surface area contributed by atoms with Gasteiger partial charge >= 0.3 is 0 Å². The van der Waals surface area contributed by atoms with E-state index in [0.29, 0.717) is 6.04 Å². The lowest BCUT2D eigenvalue weighted by Gasteiger charge is -2.11. The summed E-state index contributed by atoms with van der Waals surface area (Å²) in [4.78, 5) is 8.64. The van der Waals surface area contributed by atoms with Crippen molar-refractivity contribution >= 4 is 21.9 Å². The second kappa shape index (κ2) is 4.69. The molecule has 0 saturated heterocycles. The molecule has 3 nitrogen and oxygen atoms in total. The van der Waals surface area contributed by atoms with E-state index >= 15 is 0 Å². The molecular formula is C14H14BrN3. The third kappa shape index (κ3) is 2.38. The van der Waals surface area contributed by atoms with Gasteiger partial charge in [0.05, 0.1) is 0 Å². The molecule has 1 aromatic carbocycles. The van der Waals surface area contributed by atoms with Crippen LogP contribution in [0.5, 0.6) is 0 Å². The quantitative estimate of drug-likeness (QED) is 0.926. The van der Waals surface area contributed by atoms with Crippen molar-refractivity contribution in [1.82, 2.24) is 9.97 Å². The average molecular weight is 304 g/mol. The molecule has 92 valence electrons. The summed E-state index contributed by atoms with van der Waals surface area (Å²) in [5.41, 5.74) is 3.82. The van der Waals surface area contributed by atoms with Crippen LogP contribution in [0.15, 0.2) is 34.9 Å². The Morgan fingerprint density at radius 2 is 2.06 bits per heavy atom. The molecule has 3 rings (SSSR count). The zero-order valence-corrected chi connectivity index (χ0v) is 11.7. The molecule has 0 spiro atoms. The normalized spacial score (nSPS) is 17.6. The average Bonchev–Trinajstić information content (AvgIpc) is 2.70. The van der Waals surface area contributed by atoms with Crippen LogP contribution in [-0.4, -0.2) is 16.0 Å². The number of hydrogen-bond acceptors (Lipinski definition) is 3. The standard InChI is InChI=1S/C14H14BrN3/c1-9-4-5-16-14(17-9)18-13-7-10-2-3-12(15)6-11(10)8-13/h2-6,13H,7-8H2,1H3,(H,16,17,18). The van der Waals surface area contributed by atoms with E-state index in [9.17, 15) is 0 Å². The molecule has 1 aromatic heterocycles. The van der Waals surface area contributed by atoms with Gasteiger partial charge in [-0.1, -0.05) is 22.0 Å². The number of hydrogen-bond donors (Lipinski definition) is 1. The fraction of sp³-hybridized carbons (Fsp3) is 0.286. The topological polar surface area (TPSA) is 37.8 Å². The first-order valence-electron chi connectivity index (χ1n) is 6.04. The Balaban J connectivity index is 1.74. The van der Waals surface area contributed by atoms with E-state index in [1.165, 1.54) is 11.1 Å². The summed E-state index contributed by atoms with van der Waals surface area (Å²) in [5, 5.41) is 3.41. The first kappa shape index (κ1) is 11.7. The van der Waals surface area contributed by atoms with E-state index in [4.69, 9.17) is 0 Å². The predicted molar refractivity (Wildman–Crippen MR) is 75.7 cm³/mol. The van der Waals surface area contributed by atoms with Crippen LogP contribution in [0.4, 0.5) is 5.95 Å². The molecule has 1 aliphatic rings. The molecule has 0 saturated carbocycles. The van der Waals surface area contributed by atoms with E-state index in [2.05, 4.69) is 49.4 Å². The molecule has 0 fully saturated rings. The molecule has 1 unspecified atom stereocenters. The Hall–Kier alpha value is -1.42. The maximum atomic E-state index is 4.39. The van der Waals surface area contributed by atoms with Gasteiger partial charge < -0.3 is 5.32 Å². The molecular weight excluding hydrogens is 290 g/mol. The smallest absolute Gasteiger partial charge is 0.223 e. The summed E-state index contributed by atoms with van der Waals surface area (Å²) in [6, 6.07) is 8.80. The van der Waals surface area contributed by atoms with Crippen molar-refractivity contribution in [3.63, 3.8) is 0 Å². The molecule has 18 heavy (non-hydrogen) atoms. The molecule has 0 bridgehead atoms. The third-order valence-corrected chi connectivity index (χ3v) is 3.72. The highest BCUT2D eigenvalue weighted by Gasteiger charge is 2.21. The second-order valence-electron chi connectivity index (χ2n) is 4.68. The van der Waals surface area contributed by atoms with E-state index in [0.717, 1.165) is 29.0 Å². The Kier molecular flexibility index (Phi) is 3.04. The summed E-state index contributed by atoms with van der Waals surface area (Å²) < 4.78 is 1.15. The minimum absolute atomic E-state index is 0.399. The molecule has 1 N–H and O–H groups in total. The monoisotopic (exact) mass is 303 g/mol. The third-order valence-electron chi connectivity index (χ3n) is 3.23. The lowest BCUT2D eigenvalue weighted by molar-refractivity contribution is 0.760. The van der Waals surface area contributed by atoms with Crippen molar-refractivity contribution in [3.05, 3.63) is 51.8 Å². The van der Waals surface area contributed by atoms with Gasteiger partial charge in [-0.05, 0) is 49.1 Å². The molecule has 4 heteroatoms. The highest BCUT2D eigenvalue weighted by Crippen LogP contribution is 2.26. The number of benzene rings is 1. The van der Waals surface area contributed by atoms with E-state index < -0.39 is 0 Å². The molecule has 1 atom stereocenters. The van der Waals surface area contributed by atoms with E-state index in [-0.39, 0.29) is 0 Å². The molecule has 1 heterocycles. The molecule has 0 aliphatic heterocycles. The predicted octanol–water partition coefficient (Wildman–Crippen LogP) is 3.13. The fourth-order valence-corrected chi connectivity index (χ4v) is 2.80. The van der Waals surface area contributed by atoms with Crippen LogP contribution in [0, 0.1) is 6.92 Å². The minimum Gasteiger partial charge on any atom is -0.351 e. The number of nitrogens with one attached hydrogen (secondary N) is 1. The minimum atomic E-state index is 0.399. The van der Waals surface area contributed by atoms with Crippen molar-refractivity contribution in [1.29, 1.82) is 0 Å². The number of fused-ring (bicyclic) bond motifs is 1. The number of rotatable bonds is 2. The van der Waals surface area contributed by atoms with Gasteiger partial charge in [-0.3, -0.25) is 0 Å². The van der Waals surface area contributed by atoms with Gasteiger partial charge in [0.25, 0.3) is 0 Å². The largest absolute Gasteiger partial charge is 0.351 e. The Labute approximate surface area is 115 Å². The Morgan fingerprint density at radius 3 is 2.89 bits per heavy atom. The van der Waals surface area contributed by atoms with Crippen molar-refractivity contribution in [2.24, 2.45) is 0 Å². The van der Waals surface area contributed by atoms with Gasteiger partial charge in [-0.2, -0.15) is 0 Å². The van der Waals surface area contributed by atoms with Crippen molar-refractivity contribution < 1.29 is 0 Å². The van der Waals surface area contributed by atoms with Crippen molar-refractivity contribution in [2.75, 3.05) is 5.32 Å². The SMILES string of the molecule is Cc1ccnc(NC2Cc3ccc(Br)cc3C2)n1. The lowest BCUT2D eigenvalue weighted by atomic mass is 10.1. The fourth-order valence-electron chi connectivity index (χ4n) is 2.39. The van der Waals surface area contributed by atoms with Crippen molar-refractivity contribution in [2.45, 2.75) is 25.8 Å². The summed E-state index contributed by atoms with van der Waals surface area (Å²) >= 11 is 3.52. The van der Waals surface area contributed by atoms with Gasteiger partial charge in [-0.25, -0.2) is 9.97 Å². The van der Waals surface area contributed by atoms with Crippen LogP contribution >= 0.6 is 15.9 Å². The van der Waals surface area contributed by atoms with Crippen LogP contribution in [0.1, 0.15) is 16.8 Å². The van der Waals surface area contributed by atoms with Crippen LogP contribution < -0.4 is 5.32 Å². The van der Waals surface area contributed by atoms with Crippen LogP contribution in [0.3, 0.4) is 0 Å². The summed E-state index contributed by atoms with van der Waals surface area (Å²) in [6.45, 7) is 1.98.